The zero-order chi connectivity index (χ0) is 15.4. The highest BCUT2D eigenvalue weighted by Crippen LogP contribution is 2.24. The molecule has 0 saturated heterocycles. The molecule has 2 rings (SSSR count). The fourth-order valence-electron chi connectivity index (χ4n) is 1.53. The van der Waals surface area contributed by atoms with Gasteiger partial charge in [0.05, 0.1) is 16.4 Å². The predicted molar refractivity (Wildman–Crippen MR) is 77.4 cm³/mol. The van der Waals surface area contributed by atoms with E-state index < -0.39 is 16.0 Å². The summed E-state index contributed by atoms with van der Waals surface area (Å²) in [6.45, 7) is -0.219. The van der Waals surface area contributed by atoms with Crippen molar-refractivity contribution in [2.75, 3.05) is 0 Å². The van der Waals surface area contributed by atoms with Crippen LogP contribution in [0.15, 0.2) is 47.4 Å². The number of phenols is 1. The highest BCUT2D eigenvalue weighted by atomic mass is 35.5. The number of rotatable bonds is 5. The molecule has 0 saturated carbocycles. The van der Waals surface area contributed by atoms with Crippen molar-refractivity contribution in [1.29, 1.82) is 0 Å². The van der Waals surface area contributed by atoms with E-state index in [1.807, 2.05) is 0 Å². The second-order valence-electron chi connectivity index (χ2n) is 4.02. The van der Waals surface area contributed by atoms with Gasteiger partial charge in [-0.1, -0.05) is 11.6 Å². The van der Waals surface area contributed by atoms with E-state index in [-0.39, 0.29) is 23.6 Å². The van der Waals surface area contributed by atoms with Crippen LogP contribution in [0.5, 0.6) is 5.75 Å². The number of halogens is 1. The topological polar surface area (TPSA) is 89.7 Å². The summed E-state index contributed by atoms with van der Waals surface area (Å²) in [5.41, 5.74) is 0.00943. The Balaban J connectivity index is 2.09. The Morgan fingerprint density at radius 3 is 2.52 bits per heavy atom. The lowest BCUT2D eigenvalue weighted by atomic mass is 10.2. The van der Waals surface area contributed by atoms with E-state index in [0.29, 0.717) is 9.92 Å². The molecule has 0 bridgehead atoms. The second-order valence-corrected chi connectivity index (χ2v) is 5.63. The van der Waals surface area contributed by atoms with Gasteiger partial charge in [0.25, 0.3) is 5.69 Å². The Morgan fingerprint density at radius 2 is 1.90 bits per heavy atom. The molecule has 21 heavy (non-hydrogen) atoms. The fraction of sp³-hybridized carbons (Fsp3) is 0.0769. The van der Waals surface area contributed by atoms with Crippen molar-refractivity contribution in [2.45, 2.75) is 11.5 Å². The van der Waals surface area contributed by atoms with Crippen molar-refractivity contribution in [1.82, 2.24) is 0 Å². The highest BCUT2D eigenvalue weighted by molar-refractivity contribution is 7.80. The zero-order valence-electron chi connectivity index (χ0n) is 10.6. The van der Waals surface area contributed by atoms with Crippen LogP contribution in [0.1, 0.15) is 5.56 Å². The van der Waals surface area contributed by atoms with Crippen LogP contribution in [0.3, 0.4) is 0 Å². The standard InChI is InChI=1S/C13H10ClNO5S/c14-10-1-4-12(5-2-10)21(19)20-8-9-7-11(15(17)18)3-6-13(9)16/h1-7,16H,8H2. The molecule has 2 aromatic carbocycles. The molecule has 110 valence electrons. The van der Waals surface area contributed by atoms with Crippen LogP contribution < -0.4 is 0 Å². The lowest BCUT2D eigenvalue weighted by Crippen LogP contribution is -1.99. The largest absolute Gasteiger partial charge is 0.508 e. The van der Waals surface area contributed by atoms with Gasteiger partial charge in [-0.15, -0.1) is 0 Å². The molecule has 2 aromatic rings. The third-order valence-electron chi connectivity index (χ3n) is 2.60. The molecular weight excluding hydrogens is 318 g/mol. The molecule has 0 aliphatic carbocycles. The number of non-ortho nitro benzene ring substituents is 1. The van der Waals surface area contributed by atoms with Gasteiger partial charge in [-0.05, 0) is 30.3 Å². The smallest absolute Gasteiger partial charge is 0.270 e. The maximum absolute atomic E-state index is 11.9. The molecule has 6 nitrogen and oxygen atoms in total. The Bertz CT molecular complexity index is 689. The third-order valence-corrected chi connectivity index (χ3v) is 3.84. The summed E-state index contributed by atoms with van der Waals surface area (Å²) in [4.78, 5) is 10.5. The van der Waals surface area contributed by atoms with Crippen LogP contribution in [-0.2, 0) is 21.9 Å². The van der Waals surface area contributed by atoms with Gasteiger partial charge in [0.15, 0.2) is 11.1 Å². The molecule has 1 unspecified atom stereocenters. The molecule has 0 spiro atoms. The Kier molecular flexibility index (Phi) is 4.89. The van der Waals surface area contributed by atoms with Crippen molar-refractivity contribution in [3.63, 3.8) is 0 Å². The van der Waals surface area contributed by atoms with E-state index in [4.69, 9.17) is 15.8 Å². The van der Waals surface area contributed by atoms with Crippen LogP contribution in [0.25, 0.3) is 0 Å². The van der Waals surface area contributed by atoms with E-state index in [1.54, 1.807) is 24.3 Å². The molecular formula is C13H10ClNO5S. The summed E-state index contributed by atoms with van der Waals surface area (Å²) in [6, 6.07) is 9.79. The number of hydrogen-bond acceptors (Lipinski definition) is 5. The molecule has 0 fully saturated rings. The van der Waals surface area contributed by atoms with Crippen molar-refractivity contribution in [3.8, 4) is 5.75 Å². The third kappa shape index (κ3) is 4.01. The number of nitrogens with zero attached hydrogens (tertiary/aromatic N) is 1. The number of nitro benzene ring substituents is 1. The summed E-state index contributed by atoms with van der Waals surface area (Å²) in [5.74, 6) is -0.159. The van der Waals surface area contributed by atoms with E-state index in [1.165, 1.54) is 18.2 Å². The van der Waals surface area contributed by atoms with E-state index in [9.17, 15) is 19.4 Å². The first-order valence-corrected chi connectivity index (χ1v) is 7.19. The molecule has 0 amide bonds. The maximum Gasteiger partial charge on any atom is 0.270 e. The van der Waals surface area contributed by atoms with Crippen LogP contribution in [0.4, 0.5) is 5.69 Å². The van der Waals surface area contributed by atoms with Crippen LogP contribution in [0.2, 0.25) is 5.02 Å². The minimum absolute atomic E-state index is 0.159. The van der Waals surface area contributed by atoms with Gasteiger partial charge >= 0.3 is 0 Å². The molecule has 0 aliphatic heterocycles. The number of benzene rings is 2. The monoisotopic (exact) mass is 327 g/mol. The SMILES string of the molecule is O=[N+]([O-])c1ccc(O)c(COS(=O)c2ccc(Cl)cc2)c1. The average Bonchev–Trinajstić information content (AvgIpc) is 2.46. The lowest BCUT2D eigenvalue weighted by Gasteiger charge is -2.06. The van der Waals surface area contributed by atoms with Crippen molar-refractivity contribution in [2.24, 2.45) is 0 Å². The summed E-state index contributed by atoms with van der Waals surface area (Å²) in [5, 5.41) is 20.8. The quantitative estimate of drug-likeness (QED) is 0.672. The summed E-state index contributed by atoms with van der Waals surface area (Å²) in [6.07, 6.45) is 0. The number of aromatic hydroxyl groups is 1. The van der Waals surface area contributed by atoms with Gasteiger partial charge in [-0.25, -0.2) is 4.21 Å². The van der Waals surface area contributed by atoms with Crippen LogP contribution in [-0.4, -0.2) is 14.2 Å². The van der Waals surface area contributed by atoms with E-state index in [0.717, 1.165) is 0 Å². The number of phenolic OH excluding ortho intramolecular Hbond substituents is 1. The molecule has 0 aliphatic rings. The van der Waals surface area contributed by atoms with Gasteiger partial charge in [-0.2, -0.15) is 0 Å². The molecule has 1 N–H and O–H groups in total. The van der Waals surface area contributed by atoms with Gasteiger partial charge in [0.2, 0.25) is 0 Å². The van der Waals surface area contributed by atoms with E-state index in [2.05, 4.69) is 0 Å². The number of nitro groups is 1. The molecule has 0 heterocycles. The van der Waals surface area contributed by atoms with Crippen LogP contribution >= 0.6 is 11.6 Å². The summed E-state index contributed by atoms with van der Waals surface area (Å²) in [7, 11) is 0. The Labute approximate surface area is 127 Å². The van der Waals surface area contributed by atoms with Crippen molar-refractivity contribution >= 4 is 28.4 Å². The van der Waals surface area contributed by atoms with Gasteiger partial charge < -0.3 is 5.11 Å². The first-order valence-electron chi connectivity index (χ1n) is 5.74. The predicted octanol–water partition coefficient (Wildman–Crippen LogP) is 3.19. The van der Waals surface area contributed by atoms with Gasteiger partial charge in [-0.3, -0.25) is 14.3 Å². The fourth-order valence-corrected chi connectivity index (χ4v) is 2.39. The van der Waals surface area contributed by atoms with Gasteiger partial charge in [0.1, 0.15) is 5.75 Å². The molecule has 1 atom stereocenters. The zero-order valence-corrected chi connectivity index (χ0v) is 12.1. The Morgan fingerprint density at radius 1 is 1.24 bits per heavy atom. The molecule has 0 aromatic heterocycles. The van der Waals surface area contributed by atoms with Crippen molar-refractivity contribution in [3.05, 3.63) is 63.2 Å². The normalized spacial score (nSPS) is 12.0. The molecule has 0 radical (unpaired) electrons. The van der Waals surface area contributed by atoms with Crippen molar-refractivity contribution < 1.29 is 18.4 Å². The van der Waals surface area contributed by atoms with Crippen LogP contribution in [0, 0.1) is 10.1 Å². The second kappa shape index (κ2) is 6.66. The maximum atomic E-state index is 11.9. The summed E-state index contributed by atoms with van der Waals surface area (Å²) >= 11 is 3.96. The Hall–Kier alpha value is -1.96. The lowest BCUT2D eigenvalue weighted by molar-refractivity contribution is -0.385. The summed E-state index contributed by atoms with van der Waals surface area (Å²) < 4.78 is 17.0. The highest BCUT2D eigenvalue weighted by Gasteiger charge is 2.12. The molecule has 8 heteroatoms. The first kappa shape index (κ1) is 15.4. The minimum Gasteiger partial charge on any atom is -0.508 e. The van der Waals surface area contributed by atoms with Gasteiger partial charge in [0, 0.05) is 22.7 Å². The average molecular weight is 328 g/mol. The van der Waals surface area contributed by atoms with E-state index >= 15 is 0 Å². The minimum atomic E-state index is -1.76. The first-order chi connectivity index (χ1) is 9.97. The number of hydrogen-bond donors (Lipinski definition) is 1.